The molecule has 0 aromatic heterocycles. The molecule has 0 saturated carbocycles. The summed E-state index contributed by atoms with van der Waals surface area (Å²) in [5.41, 5.74) is 13.2. The van der Waals surface area contributed by atoms with E-state index in [1.807, 2.05) is 35.8 Å². The van der Waals surface area contributed by atoms with Crippen molar-refractivity contribution in [1.82, 2.24) is 10.3 Å². The van der Waals surface area contributed by atoms with Crippen LogP contribution in [0.3, 0.4) is 0 Å². The van der Waals surface area contributed by atoms with Gasteiger partial charge in [-0.3, -0.25) is 9.69 Å². The van der Waals surface area contributed by atoms with Crippen molar-refractivity contribution in [2.75, 3.05) is 13.2 Å². The Hall–Kier alpha value is -3.77. The third-order valence-corrected chi connectivity index (χ3v) is 5.28. The number of primary amides is 1. The highest BCUT2D eigenvalue weighted by Crippen LogP contribution is 2.27. The molecule has 5 N–H and O–H groups in total. The van der Waals surface area contributed by atoms with E-state index in [9.17, 15) is 19.2 Å². The molecule has 2 rings (SSSR count). The molecule has 4 atom stereocenters. The molecule has 1 saturated heterocycles. The van der Waals surface area contributed by atoms with Crippen molar-refractivity contribution in [3.8, 4) is 0 Å². The summed E-state index contributed by atoms with van der Waals surface area (Å²) in [7, 11) is 0. The highest BCUT2D eigenvalue weighted by atomic mass is 16.6. The third-order valence-electron chi connectivity index (χ3n) is 5.28. The Balaban J connectivity index is 2.38. The van der Waals surface area contributed by atoms with Gasteiger partial charge in [0.2, 0.25) is 5.90 Å². The summed E-state index contributed by atoms with van der Waals surface area (Å²) < 4.78 is 16.9. The Kier molecular flexibility index (Phi) is 10.8. The summed E-state index contributed by atoms with van der Waals surface area (Å²) in [6.45, 7) is 8.84. The van der Waals surface area contributed by atoms with Gasteiger partial charge in [-0.15, -0.1) is 5.10 Å². The fourth-order valence-corrected chi connectivity index (χ4v) is 3.73. The number of ether oxygens (including phenoxy) is 3. The number of ketones is 1. The average Bonchev–Trinajstić information content (AvgIpc) is 3.28. The Morgan fingerprint density at radius 2 is 1.95 bits per heavy atom. The van der Waals surface area contributed by atoms with E-state index >= 15 is 0 Å². The highest BCUT2D eigenvalue weighted by molar-refractivity contribution is 6.07. The minimum Gasteiger partial charge on any atom is -0.473 e. The molecule has 1 aliphatic rings. The van der Waals surface area contributed by atoms with Crippen LogP contribution >= 0.6 is 0 Å². The number of carbonyl (C=O) groups is 4. The van der Waals surface area contributed by atoms with Crippen LogP contribution in [0, 0.1) is 5.92 Å². The first-order valence-electron chi connectivity index (χ1n) is 11.7. The van der Waals surface area contributed by atoms with Gasteiger partial charge in [0.15, 0.2) is 5.78 Å². The molecule has 0 spiro atoms. The lowest BCUT2D eigenvalue weighted by atomic mass is 9.90. The Morgan fingerprint density at radius 3 is 2.51 bits per heavy atom. The van der Waals surface area contributed by atoms with Crippen molar-refractivity contribution in [3.63, 3.8) is 0 Å². The Labute approximate surface area is 216 Å². The number of benzene rings is 1. The summed E-state index contributed by atoms with van der Waals surface area (Å²) >= 11 is 0. The van der Waals surface area contributed by atoms with E-state index in [0.29, 0.717) is 6.29 Å². The van der Waals surface area contributed by atoms with Crippen LogP contribution in [0.4, 0.5) is 9.59 Å². The number of nitrogens with one attached hydrogen (secondary N) is 1. The predicted molar refractivity (Wildman–Crippen MR) is 135 cm³/mol. The monoisotopic (exact) mass is 517 g/mol. The van der Waals surface area contributed by atoms with Crippen molar-refractivity contribution in [2.24, 2.45) is 22.5 Å². The Morgan fingerprint density at radius 1 is 1.27 bits per heavy atom. The minimum atomic E-state index is -1.43. The quantitative estimate of drug-likeness (QED) is 0.130. The molecule has 0 bridgehead atoms. The predicted octanol–water partition coefficient (Wildman–Crippen LogP) is 1.48. The van der Waals surface area contributed by atoms with E-state index < -0.39 is 47.6 Å². The van der Waals surface area contributed by atoms with E-state index in [4.69, 9.17) is 25.7 Å². The average molecular weight is 518 g/mol. The van der Waals surface area contributed by atoms with Crippen LogP contribution in [-0.4, -0.2) is 71.9 Å². The number of hydrogen-bond acceptors (Lipinski definition) is 9. The van der Waals surface area contributed by atoms with Gasteiger partial charge >= 0.3 is 12.1 Å². The number of carbonyl (C=O) groups excluding carboxylic acids is 4. The number of urea groups is 1. The molecule has 1 heterocycles. The molecule has 0 radical (unpaired) electrons. The number of nitrogens with two attached hydrogens (primary N) is 2. The van der Waals surface area contributed by atoms with E-state index in [-0.39, 0.29) is 32.1 Å². The van der Waals surface area contributed by atoms with Crippen molar-refractivity contribution < 1.29 is 33.4 Å². The molecule has 12 heteroatoms. The molecule has 1 aromatic rings. The van der Waals surface area contributed by atoms with E-state index in [1.54, 1.807) is 20.8 Å². The topological polar surface area (TPSA) is 176 Å². The molecule has 1 fully saturated rings. The van der Waals surface area contributed by atoms with Gasteiger partial charge in [0.05, 0.1) is 31.3 Å². The first-order valence-corrected chi connectivity index (χ1v) is 11.7. The van der Waals surface area contributed by atoms with Crippen LogP contribution < -0.4 is 16.9 Å². The van der Waals surface area contributed by atoms with Crippen LogP contribution in [0.15, 0.2) is 48.1 Å². The molecule has 3 amide bonds. The maximum Gasteiger partial charge on any atom is 0.410 e. The summed E-state index contributed by atoms with van der Waals surface area (Å²) in [4.78, 5) is 50.9. The van der Waals surface area contributed by atoms with E-state index in [0.717, 1.165) is 5.56 Å². The number of nitrogens with zero attached hydrogens (tertiary/aromatic N) is 2. The van der Waals surface area contributed by atoms with Crippen LogP contribution in [0.5, 0.6) is 0 Å². The number of likely N-dealkylation sites (tertiary alicyclic amines) is 1. The number of amides is 3. The zero-order valence-corrected chi connectivity index (χ0v) is 21.3. The normalized spacial score (nSPS) is 19.5. The van der Waals surface area contributed by atoms with Gasteiger partial charge in [0.25, 0.3) is 0 Å². The summed E-state index contributed by atoms with van der Waals surface area (Å²) in [5, 5.41) is 3.82. The first-order chi connectivity index (χ1) is 17.5. The molecular formula is C25H35N5O7. The van der Waals surface area contributed by atoms with Crippen LogP contribution in [-0.2, 0) is 30.4 Å². The van der Waals surface area contributed by atoms with Gasteiger partial charge in [-0.1, -0.05) is 43.0 Å². The standard InChI is InChI=1S/C25H35N5O7/c1-5-11-35-24(34)30-13-17(36-15-16-9-7-6-8-10-16)12-19(30)21(32)20(18(26)14-31)22(28-29-23(27)33)37-25(2,3)4/h5-10,14,17-20H,1,11-13,15,26H2,2-4H3,(H3,27,29,33)/t17?,18?,19-,20?/m0/s1. The van der Waals surface area contributed by atoms with Gasteiger partial charge in [-0.25, -0.2) is 15.0 Å². The smallest absolute Gasteiger partial charge is 0.410 e. The molecule has 1 aliphatic heterocycles. The molecule has 37 heavy (non-hydrogen) atoms. The Bertz CT molecular complexity index is 993. The van der Waals surface area contributed by atoms with Crippen molar-refractivity contribution in [3.05, 3.63) is 48.6 Å². The fourth-order valence-electron chi connectivity index (χ4n) is 3.73. The van der Waals surface area contributed by atoms with E-state index in [2.05, 4.69) is 11.7 Å². The molecule has 0 aliphatic carbocycles. The largest absolute Gasteiger partial charge is 0.473 e. The second kappa shape index (κ2) is 13.5. The number of aldehydes is 1. The van der Waals surface area contributed by atoms with Crippen LogP contribution in [0.1, 0.15) is 32.8 Å². The molecule has 1 aromatic carbocycles. The summed E-state index contributed by atoms with van der Waals surface area (Å²) in [6.07, 6.45) is 0.617. The van der Waals surface area contributed by atoms with Gasteiger partial charge < -0.3 is 30.5 Å². The second-order valence-corrected chi connectivity index (χ2v) is 9.42. The summed E-state index contributed by atoms with van der Waals surface area (Å²) in [5.74, 6) is -2.38. The molecule has 12 nitrogen and oxygen atoms in total. The van der Waals surface area contributed by atoms with Gasteiger partial charge in [-0.2, -0.15) is 0 Å². The first kappa shape index (κ1) is 29.5. The lowest BCUT2D eigenvalue weighted by Gasteiger charge is -2.31. The van der Waals surface area contributed by atoms with Crippen LogP contribution in [0.2, 0.25) is 0 Å². The molecule has 3 unspecified atom stereocenters. The minimum absolute atomic E-state index is 0.0639. The highest BCUT2D eigenvalue weighted by Gasteiger charge is 2.47. The maximum atomic E-state index is 13.9. The SMILES string of the molecule is C=CCOC(=O)N1CC(OCc2ccccc2)C[C@H]1C(=O)C(C(=NNC(N)=O)OC(C)(C)C)C(N)C=O. The zero-order valence-electron chi connectivity index (χ0n) is 21.3. The zero-order chi connectivity index (χ0) is 27.6. The van der Waals surface area contributed by atoms with Gasteiger partial charge in [0.1, 0.15) is 24.4 Å². The number of rotatable bonds is 11. The lowest BCUT2D eigenvalue weighted by molar-refractivity contribution is -0.127. The van der Waals surface area contributed by atoms with Gasteiger partial charge in [-0.05, 0) is 26.3 Å². The summed E-state index contributed by atoms with van der Waals surface area (Å²) in [6, 6.07) is 5.95. The van der Waals surface area contributed by atoms with Crippen molar-refractivity contribution in [1.29, 1.82) is 0 Å². The van der Waals surface area contributed by atoms with Crippen LogP contribution in [0.25, 0.3) is 0 Å². The maximum absolute atomic E-state index is 13.9. The molecular weight excluding hydrogens is 482 g/mol. The lowest BCUT2D eigenvalue weighted by Crippen LogP contribution is -2.52. The van der Waals surface area contributed by atoms with Crippen molar-refractivity contribution in [2.45, 2.75) is 57.6 Å². The number of hydrazone groups is 1. The number of Topliss-reactive ketones (excluding diaryl/α,β-unsaturated/α-hetero) is 1. The fraction of sp³-hybridized carbons (Fsp3) is 0.480. The number of hydrogen-bond donors (Lipinski definition) is 3. The second-order valence-electron chi connectivity index (χ2n) is 9.42. The van der Waals surface area contributed by atoms with E-state index in [1.165, 1.54) is 11.0 Å². The van der Waals surface area contributed by atoms with Gasteiger partial charge in [0, 0.05) is 6.42 Å². The molecule has 202 valence electrons. The van der Waals surface area contributed by atoms with Crippen molar-refractivity contribution >= 4 is 30.1 Å². The third kappa shape index (κ3) is 8.99.